The number of aromatic nitrogens is 3. The summed E-state index contributed by atoms with van der Waals surface area (Å²) < 4.78 is 1.98. The van der Waals surface area contributed by atoms with Gasteiger partial charge in [-0.1, -0.05) is 0 Å². The number of fused-ring (bicyclic) bond motifs is 1. The van der Waals surface area contributed by atoms with Crippen LogP contribution in [-0.4, -0.2) is 32.8 Å². The van der Waals surface area contributed by atoms with Crippen molar-refractivity contribution in [3.8, 4) is 0 Å². The Morgan fingerprint density at radius 2 is 2.18 bits per heavy atom. The first-order valence-electron chi connectivity index (χ1n) is 5.93. The summed E-state index contributed by atoms with van der Waals surface area (Å²) in [5.41, 5.74) is 2.00. The quantitative estimate of drug-likeness (QED) is 0.744. The molecule has 17 heavy (non-hydrogen) atoms. The maximum Gasteiger partial charge on any atom is 0.154 e. The Labute approximate surface area is 101 Å². The van der Waals surface area contributed by atoms with Crippen LogP contribution in [0.5, 0.6) is 0 Å². The number of hydrogen-bond donors (Lipinski definition) is 2. The minimum atomic E-state index is 0.272. The van der Waals surface area contributed by atoms with Crippen molar-refractivity contribution in [2.45, 2.75) is 19.3 Å². The van der Waals surface area contributed by atoms with Crippen molar-refractivity contribution in [2.24, 2.45) is 7.05 Å². The van der Waals surface area contributed by atoms with E-state index in [0.29, 0.717) is 0 Å². The predicted octanol–water partition coefficient (Wildman–Crippen LogP) is 1.54. The molecule has 0 spiro atoms. The van der Waals surface area contributed by atoms with E-state index in [1.165, 1.54) is 0 Å². The van der Waals surface area contributed by atoms with E-state index in [0.717, 1.165) is 42.7 Å². The van der Waals surface area contributed by atoms with E-state index in [1.54, 1.807) is 12.5 Å². The molecule has 0 saturated carbocycles. The predicted molar refractivity (Wildman–Crippen MR) is 67.9 cm³/mol. The van der Waals surface area contributed by atoms with Crippen molar-refractivity contribution < 1.29 is 5.11 Å². The fraction of sp³-hybridized carbons (Fsp3) is 0.500. The van der Waals surface area contributed by atoms with Crippen LogP contribution < -0.4 is 5.32 Å². The SMILES string of the molecule is Cn1cnc2c(NCCCCCO)nccc21. The molecule has 0 amide bonds. The number of nitrogens with one attached hydrogen (secondary N) is 1. The van der Waals surface area contributed by atoms with Crippen molar-refractivity contribution >= 4 is 16.9 Å². The van der Waals surface area contributed by atoms with Crippen LogP contribution in [0.2, 0.25) is 0 Å². The summed E-state index contributed by atoms with van der Waals surface area (Å²) in [5, 5.41) is 12.0. The van der Waals surface area contributed by atoms with Gasteiger partial charge in [-0.15, -0.1) is 0 Å². The summed E-state index contributed by atoms with van der Waals surface area (Å²) in [7, 11) is 1.97. The summed E-state index contributed by atoms with van der Waals surface area (Å²) in [5.74, 6) is 0.840. The van der Waals surface area contributed by atoms with Crippen molar-refractivity contribution in [2.75, 3.05) is 18.5 Å². The second-order valence-corrected chi connectivity index (χ2v) is 4.09. The lowest BCUT2D eigenvalue weighted by molar-refractivity contribution is 0.283. The molecule has 2 N–H and O–H groups in total. The highest BCUT2D eigenvalue weighted by Gasteiger charge is 2.05. The van der Waals surface area contributed by atoms with Gasteiger partial charge in [0.25, 0.3) is 0 Å². The van der Waals surface area contributed by atoms with E-state index in [2.05, 4.69) is 15.3 Å². The zero-order valence-corrected chi connectivity index (χ0v) is 10.1. The third kappa shape index (κ3) is 2.74. The van der Waals surface area contributed by atoms with E-state index in [-0.39, 0.29) is 6.61 Å². The van der Waals surface area contributed by atoms with Crippen molar-refractivity contribution in [3.63, 3.8) is 0 Å². The third-order valence-electron chi connectivity index (χ3n) is 2.77. The maximum absolute atomic E-state index is 8.68. The van der Waals surface area contributed by atoms with Crippen LogP contribution in [0.4, 0.5) is 5.82 Å². The molecule has 5 heteroatoms. The number of unbranched alkanes of at least 4 members (excludes halogenated alkanes) is 2. The van der Waals surface area contributed by atoms with Gasteiger partial charge >= 0.3 is 0 Å². The molecule has 0 aliphatic heterocycles. The average Bonchev–Trinajstić information content (AvgIpc) is 2.72. The first-order valence-corrected chi connectivity index (χ1v) is 5.93. The number of pyridine rings is 1. The molecule has 2 aromatic rings. The summed E-state index contributed by atoms with van der Waals surface area (Å²) in [6, 6.07) is 1.96. The van der Waals surface area contributed by atoms with Gasteiger partial charge in [-0.05, 0) is 25.3 Å². The second-order valence-electron chi connectivity index (χ2n) is 4.09. The fourth-order valence-corrected chi connectivity index (χ4v) is 1.81. The van der Waals surface area contributed by atoms with Crippen molar-refractivity contribution in [1.82, 2.24) is 14.5 Å². The molecule has 0 fully saturated rings. The molecule has 0 unspecified atom stereocenters. The monoisotopic (exact) mass is 234 g/mol. The number of imidazole rings is 1. The van der Waals surface area contributed by atoms with Crippen molar-refractivity contribution in [1.29, 1.82) is 0 Å². The molecular formula is C12H18N4O. The smallest absolute Gasteiger partial charge is 0.154 e. The van der Waals surface area contributed by atoms with E-state index >= 15 is 0 Å². The minimum absolute atomic E-state index is 0.272. The molecule has 0 bridgehead atoms. The van der Waals surface area contributed by atoms with Crippen LogP contribution in [0.15, 0.2) is 18.6 Å². The molecule has 2 rings (SSSR count). The second kappa shape index (κ2) is 5.63. The largest absolute Gasteiger partial charge is 0.396 e. The molecule has 2 heterocycles. The zero-order valence-electron chi connectivity index (χ0n) is 10.1. The standard InChI is InChI=1S/C12H18N4O/c1-16-9-15-11-10(16)5-7-14-12(11)13-6-3-2-4-8-17/h5,7,9,17H,2-4,6,8H2,1H3,(H,13,14). The highest BCUT2D eigenvalue weighted by molar-refractivity contribution is 5.85. The number of rotatable bonds is 6. The molecule has 0 radical (unpaired) electrons. The van der Waals surface area contributed by atoms with Crippen LogP contribution >= 0.6 is 0 Å². The number of anilines is 1. The lowest BCUT2D eigenvalue weighted by Crippen LogP contribution is -2.04. The maximum atomic E-state index is 8.68. The van der Waals surface area contributed by atoms with Gasteiger partial charge in [0.2, 0.25) is 0 Å². The summed E-state index contributed by atoms with van der Waals surface area (Å²) >= 11 is 0. The molecular weight excluding hydrogens is 216 g/mol. The van der Waals surface area contributed by atoms with Gasteiger partial charge in [-0.25, -0.2) is 9.97 Å². The van der Waals surface area contributed by atoms with Crippen LogP contribution in [0.25, 0.3) is 11.0 Å². The number of aliphatic hydroxyl groups is 1. The lowest BCUT2D eigenvalue weighted by atomic mass is 10.2. The van der Waals surface area contributed by atoms with Gasteiger partial charge in [0, 0.05) is 26.4 Å². The number of aliphatic hydroxyl groups excluding tert-OH is 1. The van der Waals surface area contributed by atoms with E-state index in [4.69, 9.17) is 5.11 Å². The number of aryl methyl sites for hydroxylation is 1. The highest BCUT2D eigenvalue weighted by atomic mass is 16.2. The minimum Gasteiger partial charge on any atom is -0.396 e. The van der Waals surface area contributed by atoms with Gasteiger partial charge in [-0.3, -0.25) is 0 Å². The Hall–Kier alpha value is -1.62. The van der Waals surface area contributed by atoms with Crippen LogP contribution in [-0.2, 0) is 7.05 Å². The van der Waals surface area contributed by atoms with Gasteiger partial charge in [0.15, 0.2) is 5.82 Å². The zero-order chi connectivity index (χ0) is 12.1. The number of hydrogen-bond acceptors (Lipinski definition) is 4. The van der Waals surface area contributed by atoms with Gasteiger partial charge in [0.05, 0.1) is 11.8 Å². The van der Waals surface area contributed by atoms with Gasteiger partial charge < -0.3 is 15.0 Å². The molecule has 0 aliphatic rings. The van der Waals surface area contributed by atoms with E-state index in [9.17, 15) is 0 Å². The van der Waals surface area contributed by atoms with E-state index in [1.807, 2.05) is 17.7 Å². The van der Waals surface area contributed by atoms with E-state index < -0.39 is 0 Å². The summed E-state index contributed by atoms with van der Waals surface area (Å²) in [6.45, 7) is 1.14. The molecule has 0 atom stereocenters. The Morgan fingerprint density at radius 3 is 3.00 bits per heavy atom. The number of nitrogens with zero attached hydrogens (tertiary/aromatic N) is 3. The van der Waals surface area contributed by atoms with Crippen molar-refractivity contribution in [3.05, 3.63) is 18.6 Å². The first kappa shape index (κ1) is 11.9. The molecule has 0 aromatic carbocycles. The molecule has 0 aliphatic carbocycles. The average molecular weight is 234 g/mol. The van der Waals surface area contributed by atoms with Gasteiger partial charge in [-0.2, -0.15) is 0 Å². The Kier molecular flexibility index (Phi) is 3.93. The molecule has 5 nitrogen and oxygen atoms in total. The molecule has 2 aromatic heterocycles. The van der Waals surface area contributed by atoms with Gasteiger partial charge in [0.1, 0.15) is 5.52 Å². The Morgan fingerprint density at radius 1 is 1.29 bits per heavy atom. The Bertz CT molecular complexity index is 480. The molecule has 92 valence electrons. The normalized spacial score (nSPS) is 10.9. The summed E-state index contributed by atoms with van der Waals surface area (Å²) in [4.78, 5) is 8.63. The lowest BCUT2D eigenvalue weighted by Gasteiger charge is -2.05. The fourth-order valence-electron chi connectivity index (χ4n) is 1.81. The van der Waals surface area contributed by atoms with Crippen LogP contribution in [0.1, 0.15) is 19.3 Å². The molecule has 0 saturated heterocycles. The Balaban J connectivity index is 1.99. The summed E-state index contributed by atoms with van der Waals surface area (Å²) in [6.07, 6.45) is 6.51. The van der Waals surface area contributed by atoms with Crippen LogP contribution in [0, 0.1) is 0 Å². The first-order chi connectivity index (χ1) is 8.33. The topological polar surface area (TPSA) is 63.0 Å². The third-order valence-corrected chi connectivity index (χ3v) is 2.77. The van der Waals surface area contributed by atoms with Crippen LogP contribution in [0.3, 0.4) is 0 Å². The highest BCUT2D eigenvalue weighted by Crippen LogP contribution is 2.18.